The largest absolute Gasteiger partial charge is 0.488 e. The average molecular weight is 392 g/mol. The molecule has 0 aliphatic carbocycles. The summed E-state index contributed by atoms with van der Waals surface area (Å²) in [7, 11) is 0. The number of hydrogen-bond donors (Lipinski definition) is 0. The Balaban J connectivity index is 1.81. The predicted molar refractivity (Wildman–Crippen MR) is 109 cm³/mol. The molecule has 2 amide bonds. The fourth-order valence-corrected chi connectivity index (χ4v) is 3.64. The van der Waals surface area contributed by atoms with Crippen molar-refractivity contribution in [2.24, 2.45) is 5.92 Å². The summed E-state index contributed by atoms with van der Waals surface area (Å²) >= 11 is 0.948. The van der Waals surface area contributed by atoms with Gasteiger partial charge in [-0.2, -0.15) is 5.26 Å². The van der Waals surface area contributed by atoms with Crippen LogP contribution in [0.5, 0.6) is 5.75 Å². The summed E-state index contributed by atoms with van der Waals surface area (Å²) in [5.74, 6) is 0.530. The second-order valence-electron chi connectivity index (χ2n) is 6.78. The number of amides is 2. The summed E-state index contributed by atoms with van der Waals surface area (Å²) in [6.07, 6.45) is 1.69. The van der Waals surface area contributed by atoms with Gasteiger partial charge < -0.3 is 4.74 Å². The van der Waals surface area contributed by atoms with E-state index in [0.717, 1.165) is 17.3 Å². The van der Waals surface area contributed by atoms with E-state index in [-0.39, 0.29) is 23.7 Å². The van der Waals surface area contributed by atoms with E-state index in [1.807, 2.05) is 50.2 Å². The van der Waals surface area contributed by atoms with Crippen LogP contribution in [0.3, 0.4) is 0 Å². The molecule has 0 saturated carbocycles. The van der Waals surface area contributed by atoms with Crippen molar-refractivity contribution in [3.05, 3.63) is 70.1 Å². The Labute approximate surface area is 168 Å². The fourth-order valence-electron chi connectivity index (χ4n) is 2.81. The standard InChI is InChI=1S/C22H20N2O3S/c1-15(2)13-24-21(25)20(28-22(24)26)11-16-7-5-6-10-19(16)27-14-18-9-4-3-8-17(18)12-23/h3-11,15H,13-14H2,1-2H3. The number of benzene rings is 2. The molecule has 5 nitrogen and oxygen atoms in total. The second kappa shape index (κ2) is 8.77. The number of nitrogens with zero attached hydrogens (tertiary/aromatic N) is 2. The van der Waals surface area contributed by atoms with Crippen LogP contribution in [0.2, 0.25) is 0 Å². The Morgan fingerprint density at radius 3 is 2.61 bits per heavy atom. The molecule has 0 radical (unpaired) electrons. The van der Waals surface area contributed by atoms with Gasteiger partial charge in [-0.1, -0.05) is 50.2 Å². The van der Waals surface area contributed by atoms with E-state index in [4.69, 9.17) is 4.74 Å². The molecule has 0 bridgehead atoms. The van der Waals surface area contributed by atoms with E-state index in [9.17, 15) is 14.9 Å². The quantitative estimate of drug-likeness (QED) is 0.659. The van der Waals surface area contributed by atoms with Gasteiger partial charge in [0.15, 0.2) is 0 Å². The molecule has 2 aromatic carbocycles. The summed E-state index contributed by atoms with van der Waals surface area (Å²) in [5, 5.41) is 8.97. The number of rotatable bonds is 6. The Morgan fingerprint density at radius 1 is 1.14 bits per heavy atom. The van der Waals surface area contributed by atoms with Crippen molar-refractivity contribution in [2.75, 3.05) is 6.54 Å². The van der Waals surface area contributed by atoms with E-state index in [0.29, 0.717) is 28.3 Å². The van der Waals surface area contributed by atoms with Gasteiger partial charge in [0, 0.05) is 17.7 Å². The van der Waals surface area contributed by atoms with E-state index in [2.05, 4.69) is 6.07 Å². The third-order valence-electron chi connectivity index (χ3n) is 4.15. The molecule has 2 aromatic rings. The highest BCUT2D eigenvalue weighted by molar-refractivity contribution is 8.18. The maximum atomic E-state index is 12.6. The van der Waals surface area contributed by atoms with Crippen LogP contribution < -0.4 is 4.74 Å². The maximum absolute atomic E-state index is 12.6. The lowest BCUT2D eigenvalue weighted by Gasteiger charge is -2.14. The van der Waals surface area contributed by atoms with Crippen molar-refractivity contribution >= 4 is 29.0 Å². The molecule has 0 N–H and O–H groups in total. The van der Waals surface area contributed by atoms with Crippen LogP contribution in [0.4, 0.5) is 4.79 Å². The summed E-state index contributed by atoms with van der Waals surface area (Å²) in [6, 6.07) is 16.7. The number of para-hydroxylation sites is 1. The molecular formula is C22H20N2O3S. The van der Waals surface area contributed by atoms with Gasteiger partial charge in [0.05, 0.1) is 16.5 Å². The second-order valence-corrected chi connectivity index (χ2v) is 7.77. The lowest BCUT2D eigenvalue weighted by Crippen LogP contribution is -2.31. The van der Waals surface area contributed by atoms with E-state index in [1.54, 1.807) is 18.2 Å². The SMILES string of the molecule is CC(C)CN1C(=O)SC(=Cc2ccccc2OCc2ccccc2C#N)C1=O. The molecular weight excluding hydrogens is 372 g/mol. The van der Waals surface area contributed by atoms with Crippen molar-refractivity contribution in [2.45, 2.75) is 20.5 Å². The average Bonchev–Trinajstić information content (AvgIpc) is 2.94. The van der Waals surface area contributed by atoms with E-state index >= 15 is 0 Å². The fraction of sp³-hybridized carbons (Fsp3) is 0.227. The number of imide groups is 1. The van der Waals surface area contributed by atoms with Gasteiger partial charge >= 0.3 is 0 Å². The van der Waals surface area contributed by atoms with Crippen molar-refractivity contribution in [3.63, 3.8) is 0 Å². The number of ether oxygens (including phenoxy) is 1. The number of hydrogen-bond acceptors (Lipinski definition) is 5. The first kappa shape index (κ1) is 19.7. The summed E-state index contributed by atoms with van der Waals surface area (Å²) in [6.45, 7) is 4.58. The number of carbonyl (C=O) groups is 2. The number of carbonyl (C=O) groups excluding carboxylic acids is 2. The molecule has 1 fully saturated rings. The molecule has 1 aliphatic heterocycles. The molecule has 1 saturated heterocycles. The minimum absolute atomic E-state index is 0.212. The zero-order chi connectivity index (χ0) is 20.1. The predicted octanol–water partition coefficient (Wildman–Crippen LogP) is 4.83. The molecule has 0 atom stereocenters. The van der Waals surface area contributed by atoms with Gasteiger partial charge in [-0.05, 0) is 35.9 Å². The molecule has 3 rings (SSSR count). The highest BCUT2D eigenvalue weighted by Crippen LogP contribution is 2.34. The lowest BCUT2D eigenvalue weighted by molar-refractivity contribution is -0.123. The van der Waals surface area contributed by atoms with Crippen LogP contribution >= 0.6 is 11.8 Å². The van der Waals surface area contributed by atoms with Crippen molar-refractivity contribution in [1.29, 1.82) is 5.26 Å². The third-order valence-corrected chi connectivity index (χ3v) is 5.06. The first-order valence-electron chi connectivity index (χ1n) is 8.94. The van der Waals surface area contributed by atoms with Gasteiger partial charge in [-0.15, -0.1) is 0 Å². The third kappa shape index (κ3) is 4.44. The summed E-state index contributed by atoms with van der Waals surface area (Å²) < 4.78 is 5.91. The first-order chi connectivity index (χ1) is 13.5. The zero-order valence-corrected chi connectivity index (χ0v) is 16.5. The monoisotopic (exact) mass is 392 g/mol. The molecule has 1 heterocycles. The van der Waals surface area contributed by atoms with Crippen LogP contribution in [-0.4, -0.2) is 22.6 Å². The van der Waals surface area contributed by atoms with Crippen LogP contribution in [0.15, 0.2) is 53.4 Å². The molecule has 6 heteroatoms. The minimum atomic E-state index is -0.270. The number of thioether (sulfide) groups is 1. The van der Waals surface area contributed by atoms with Crippen molar-refractivity contribution < 1.29 is 14.3 Å². The van der Waals surface area contributed by atoms with Gasteiger partial charge in [0.2, 0.25) is 0 Å². The van der Waals surface area contributed by atoms with Gasteiger partial charge in [-0.25, -0.2) is 0 Å². The highest BCUT2D eigenvalue weighted by Gasteiger charge is 2.35. The molecule has 0 aromatic heterocycles. The summed E-state index contributed by atoms with van der Waals surface area (Å²) in [5.41, 5.74) is 2.07. The van der Waals surface area contributed by atoms with Crippen LogP contribution in [0.1, 0.15) is 30.5 Å². The topological polar surface area (TPSA) is 70.4 Å². The van der Waals surface area contributed by atoms with Crippen molar-refractivity contribution in [1.82, 2.24) is 4.90 Å². The number of nitriles is 1. The Hall–Kier alpha value is -3.04. The van der Waals surface area contributed by atoms with Crippen molar-refractivity contribution in [3.8, 4) is 11.8 Å². The Bertz CT molecular complexity index is 976. The molecule has 28 heavy (non-hydrogen) atoms. The minimum Gasteiger partial charge on any atom is -0.488 e. The Kier molecular flexibility index (Phi) is 6.17. The molecule has 1 aliphatic rings. The zero-order valence-electron chi connectivity index (χ0n) is 15.7. The van der Waals surface area contributed by atoms with Gasteiger partial charge in [-0.3, -0.25) is 14.5 Å². The highest BCUT2D eigenvalue weighted by atomic mass is 32.2. The van der Waals surface area contributed by atoms with Crippen LogP contribution in [0.25, 0.3) is 6.08 Å². The normalized spacial score (nSPS) is 15.4. The van der Waals surface area contributed by atoms with Crippen LogP contribution in [0, 0.1) is 17.2 Å². The van der Waals surface area contributed by atoms with Gasteiger partial charge in [0.1, 0.15) is 12.4 Å². The lowest BCUT2D eigenvalue weighted by atomic mass is 10.1. The van der Waals surface area contributed by atoms with E-state index in [1.165, 1.54) is 4.90 Å². The Morgan fingerprint density at radius 2 is 1.86 bits per heavy atom. The van der Waals surface area contributed by atoms with E-state index < -0.39 is 0 Å². The first-order valence-corrected chi connectivity index (χ1v) is 9.76. The van der Waals surface area contributed by atoms with Gasteiger partial charge in [0.25, 0.3) is 11.1 Å². The maximum Gasteiger partial charge on any atom is 0.293 e. The smallest absolute Gasteiger partial charge is 0.293 e. The summed E-state index contributed by atoms with van der Waals surface area (Å²) in [4.78, 5) is 26.4. The molecule has 142 valence electrons. The molecule has 0 unspecified atom stereocenters. The molecule has 0 spiro atoms. The van der Waals surface area contributed by atoms with Crippen LogP contribution in [-0.2, 0) is 11.4 Å².